The van der Waals surface area contributed by atoms with Crippen molar-refractivity contribution >= 4 is 16.9 Å². The van der Waals surface area contributed by atoms with Crippen molar-refractivity contribution in [2.24, 2.45) is 16.8 Å². The lowest BCUT2D eigenvalue weighted by molar-refractivity contribution is 0.392. The van der Waals surface area contributed by atoms with Gasteiger partial charge in [0, 0.05) is 11.3 Å². The third-order valence-electron chi connectivity index (χ3n) is 4.36. The number of amidine groups is 1. The standard InChI is InChI=1S/C15H30N2S/c1-6-12(7-2)11(5)17-15-16-10-14(18-15)13(8-3)9-4/h11-14H,6-10H2,1-5H3,(H,16,17). The minimum Gasteiger partial charge on any atom is -0.362 e. The molecule has 0 saturated heterocycles. The van der Waals surface area contributed by atoms with Crippen LogP contribution in [0.15, 0.2) is 4.99 Å². The van der Waals surface area contributed by atoms with E-state index in [1.165, 1.54) is 30.9 Å². The van der Waals surface area contributed by atoms with Gasteiger partial charge in [-0.05, 0) is 18.8 Å². The molecule has 1 aliphatic heterocycles. The van der Waals surface area contributed by atoms with Crippen LogP contribution in [-0.4, -0.2) is 23.0 Å². The molecule has 0 aromatic heterocycles. The molecule has 18 heavy (non-hydrogen) atoms. The van der Waals surface area contributed by atoms with Crippen LogP contribution in [-0.2, 0) is 0 Å². The summed E-state index contributed by atoms with van der Waals surface area (Å²) < 4.78 is 0. The monoisotopic (exact) mass is 270 g/mol. The van der Waals surface area contributed by atoms with E-state index in [9.17, 15) is 0 Å². The predicted molar refractivity (Wildman–Crippen MR) is 84.4 cm³/mol. The zero-order chi connectivity index (χ0) is 13.5. The topological polar surface area (TPSA) is 24.4 Å². The van der Waals surface area contributed by atoms with E-state index in [2.05, 4.69) is 39.9 Å². The van der Waals surface area contributed by atoms with E-state index in [0.717, 1.165) is 18.4 Å². The van der Waals surface area contributed by atoms with Crippen molar-refractivity contribution in [3.63, 3.8) is 0 Å². The first-order valence-electron chi connectivity index (χ1n) is 7.63. The van der Waals surface area contributed by atoms with Crippen molar-refractivity contribution in [1.82, 2.24) is 5.32 Å². The van der Waals surface area contributed by atoms with Gasteiger partial charge in [-0.1, -0.05) is 65.1 Å². The molecule has 1 heterocycles. The summed E-state index contributed by atoms with van der Waals surface area (Å²) in [5, 5.41) is 5.52. The minimum absolute atomic E-state index is 0.548. The summed E-state index contributed by atoms with van der Waals surface area (Å²) in [6.07, 6.45) is 5.05. The van der Waals surface area contributed by atoms with Crippen LogP contribution < -0.4 is 5.32 Å². The molecule has 0 amide bonds. The van der Waals surface area contributed by atoms with Gasteiger partial charge in [0.2, 0.25) is 0 Å². The van der Waals surface area contributed by atoms with Gasteiger partial charge < -0.3 is 5.32 Å². The van der Waals surface area contributed by atoms with E-state index in [1.807, 2.05) is 11.8 Å². The molecule has 1 rings (SSSR count). The third-order valence-corrected chi connectivity index (χ3v) is 5.67. The normalized spacial score (nSPS) is 21.5. The fraction of sp³-hybridized carbons (Fsp3) is 0.933. The summed E-state index contributed by atoms with van der Waals surface area (Å²) in [6.45, 7) is 12.5. The molecular formula is C15H30N2S. The number of rotatable bonds is 7. The lowest BCUT2D eigenvalue weighted by Gasteiger charge is -2.24. The maximum absolute atomic E-state index is 4.69. The summed E-state index contributed by atoms with van der Waals surface area (Å²) in [7, 11) is 0. The van der Waals surface area contributed by atoms with Crippen molar-refractivity contribution in [3.05, 3.63) is 0 Å². The average molecular weight is 270 g/mol. The Morgan fingerprint density at radius 3 is 2.28 bits per heavy atom. The molecule has 0 fully saturated rings. The van der Waals surface area contributed by atoms with Crippen LogP contribution in [0.25, 0.3) is 0 Å². The Kier molecular flexibility index (Phi) is 7.13. The Morgan fingerprint density at radius 2 is 1.78 bits per heavy atom. The van der Waals surface area contributed by atoms with E-state index in [0.29, 0.717) is 11.3 Å². The molecule has 3 heteroatoms. The highest BCUT2D eigenvalue weighted by molar-refractivity contribution is 8.14. The zero-order valence-electron chi connectivity index (χ0n) is 12.7. The fourth-order valence-corrected chi connectivity index (χ4v) is 4.25. The number of nitrogens with one attached hydrogen (secondary N) is 1. The highest BCUT2D eigenvalue weighted by Gasteiger charge is 2.27. The summed E-state index contributed by atoms with van der Waals surface area (Å²) in [5.74, 6) is 1.59. The minimum atomic E-state index is 0.548. The number of nitrogens with zero attached hydrogens (tertiary/aromatic N) is 1. The van der Waals surface area contributed by atoms with E-state index < -0.39 is 0 Å². The lowest BCUT2D eigenvalue weighted by atomic mass is 9.96. The van der Waals surface area contributed by atoms with E-state index in [-0.39, 0.29) is 0 Å². The third kappa shape index (κ3) is 4.18. The van der Waals surface area contributed by atoms with Crippen LogP contribution in [0.5, 0.6) is 0 Å². The summed E-state index contributed by atoms with van der Waals surface area (Å²) in [5.41, 5.74) is 0. The summed E-state index contributed by atoms with van der Waals surface area (Å²) >= 11 is 1.97. The second kappa shape index (κ2) is 8.08. The van der Waals surface area contributed by atoms with Crippen LogP contribution in [0.1, 0.15) is 60.3 Å². The van der Waals surface area contributed by atoms with Crippen molar-refractivity contribution < 1.29 is 0 Å². The van der Waals surface area contributed by atoms with Crippen LogP contribution in [0, 0.1) is 11.8 Å². The van der Waals surface area contributed by atoms with Crippen molar-refractivity contribution in [3.8, 4) is 0 Å². The second-order valence-electron chi connectivity index (χ2n) is 5.39. The Balaban J connectivity index is 2.42. The highest BCUT2D eigenvalue weighted by Crippen LogP contribution is 2.30. The Hall–Kier alpha value is -0.180. The molecule has 0 saturated carbocycles. The molecule has 0 bridgehead atoms. The molecular weight excluding hydrogens is 240 g/mol. The fourth-order valence-electron chi connectivity index (χ4n) is 2.84. The Labute approximate surface area is 117 Å². The quantitative estimate of drug-likeness (QED) is 0.745. The first-order valence-corrected chi connectivity index (χ1v) is 8.51. The molecule has 1 aliphatic rings. The molecule has 0 aromatic carbocycles. The maximum atomic E-state index is 4.69. The second-order valence-corrected chi connectivity index (χ2v) is 6.62. The molecule has 2 atom stereocenters. The van der Waals surface area contributed by atoms with E-state index >= 15 is 0 Å². The van der Waals surface area contributed by atoms with E-state index in [4.69, 9.17) is 4.99 Å². The van der Waals surface area contributed by atoms with Crippen molar-refractivity contribution in [2.45, 2.75) is 71.6 Å². The molecule has 0 aromatic rings. The number of thioether (sulfide) groups is 1. The molecule has 0 spiro atoms. The Bertz CT molecular complexity index is 257. The van der Waals surface area contributed by atoms with Crippen LogP contribution in [0.4, 0.5) is 0 Å². The van der Waals surface area contributed by atoms with Crippen LogP contribution in [0.2, 0.25) is 0 Å². The van der Waals surface area contributed by atoms with Gasteiger partial charge in [-0.3, -0.25) is 4.99 Å². The number of hydrogen-bond acceptors (Lipinski definition) is 3. The van der Waals surface area contributed by atoms with Crippen molar-refractivity contribution in [2.75, 3.05) is 6.54 Å². The molecule has 2 unspecified atom stereocenters. The molecule has 106 valence electrons. The molecule has 0 aliphatic carbocycles. The highest BCUT2D eigenvalue weighted by atomic mass is 32.2. The number of aliphatic imine (C=N–C) groups is 1. The molecule has 0 radical (unpaired) electrons. The first-order chi connectivity index (χ1) is 8.65. The van der Waals surface area contributed by atoms with Gasteiger partial charge in [0.1, 0.15) is 0 Å². The van der Waals surface area contributed by atoms with Gasteiger partial charge in [-0.15, -0.1) is 0 Å². The predicted octanol–water partition coefficient (Wildman–Crippen LogP) is 4.31. The van der Waals surface area contributed by atoms with Gasteiger partial charge in [0.25, 0.3) is 0 Å². The van der Waals surface area contributed by atoms with Crippen molar-refractivity contribution in [1.29, 1.82) is 0 Å². The SMILES string of the molecule is CCC(CC)C(C)NC1=NCC(C(CC)CC)S1. The van der Waals surface area contributed by atoms with Crippen LogP contribution >= 0.6 is 11.8 Å². The lowest BCUT2D eigenvalue weighted by Crippen LogP contribution is -2.36. The first kappa shape index (κ1) is 15.9. The summed E-state index contributed by atoms with van der Waals surface area (Å²) in [4.78, 5) is 4.69. The molecule has 2 nitrogen and oxygen atoms in total. The van der Waals surface area contributed by atoms with Gasteiger partial charge in [-0.25, -0.2) is 0 Å². The van der Waals surface area contributed by atoms with Gasteiger partial charge in [0.15, 0.2) is 5.17 Å². The van der Waals surface area contributed by atoms with Crippen LogP contribution in [0.3, 0.4) is 0 Å². The smallest absolute Gasteiger partial charge is 0.157 e. The summed E-state index contributed by atoms with van der Waals surface area (Å²) in [6, 6.07) is 0.548. The zero-order valence-corrected chi connectivity index (χ0v) is 13.5. The van der Waals surface area contributed by atoms with E-state index in [1.54, 1.807) is 0 Å². The maximum Gasteiger partial charge on any atom is 0.157 e. The van der Waals surface area contributed by atoms with Gasteiger partial charge >= 0.3 is 0 Å². The van der Waals surface area contributed by atoms with Gasteiger partial charge in [0.05, 0.1) is 6.54 Å². The van der Waals surface area contributed by atoms with Gasteiger partial charge in [-0.2, -0.15) is 0 Å². The largest absolute Gasteiger partial charge is 0.362 e. The Morgan fingerprint density at radius 1 is 1.17 bits per heavy atom. The molecule has 1 N–H and O–H groups in total. The average Bonchev–Trinajstić information content (AvgIpc) is 2.81. The number of hydrogen-bond donors (Lipinski definition) is 1.